The van der Waals surface area contributed by atoms with E-state index in [0.717, 1.165) is 41.2 Å². The van der Waals surface area contributed by atoms with Gasteiger partial charge in [-0.15, -0.1) is 0 Å². The van der Waals surface area contributed by atoms with Crippen molar-refractivity contribution in [1.29, 1.82) is 0 Å². The molecule has 1 saturated carbocycles. The monoisotopic (exact) mass is 434 g/mol. The van der Waals surface area contributed by atoms with Crippen molar-refractivity contribution in [2.24, 2.45) is 0 Å². The van der Waals surface area contributed by atoms with Crippen molar-refractivity contribution in [3.8, 4) is 11.5 Å². The quantitative estimate of drug-likeness (QED) is 0.445. The zero-order valence-corrected chi connectivity index (χ0v) is 18.7. The molecule has 0 radical (unpaired) electrons. The minimum absolute atomic E-state index is 0.0824. The van der Waals surface area contributed by atoms with Crippen LogP contribution < -0.4 is 9.47 Å². The summed E-state index contributed by atoms with van der Waals surface area (Å²) in [6.07, 6.45) is 3.86. The fourth-order valence-electron chi connectivity index (χ4n) is 3.88. The molecule has 1 fully saturated rings. The first-order valence-electron chi connectivity index (χ1n) is 11.0. The molecule has 1 heterocycles. The van der Waals surface area contributed by atoms with Crippen LogP contribution in [0.25, 0.3) is 0 Å². The summed E-state index contributed by atoms with van der Waals surface area (Å²) in [6, 6.07) is 20.0. The van der Waals surface area contributed by atoms with Crippen LogP contribution in [0.2, 0.25) is 0 Å². The number of benzene rings is 2. The zero-order chi connectivity index (χ0) is 22.3. The van der Waals surface area contributed by atoms with E-state index in [9.17, 15) is 4.79 Å². The summed E-state index contributed by atoms with van der Waals surface area (Å²) >= 11 is 0. The number of carbonyl (C=O) groups excluding carboxylic acids is 1. The molecule has 0 bridgehead atoms. The van der Waals surface area contributed by atoms with Crippen molar-refractivity contribution in [3.63, 3.8) is 0 Å². The molecule has 0 spiro atoms. The van der Waals surface area contributed by atoms with Crippen molar-refractivity contribution in [2.45, 2.75) is 38.5 Å². The predicted octanol–water partition coefficient (Wildman–Crippen LogP) is 4.49. The summed E-state index contributed by atoms with van der Waals surface area (Å²) in [4.78, 5) is 17.6. The Morgan fingerprint density at radius 3 is 2.44 bits per heavy atom. The molecule has 0 atom stereocenters. The lowest BCUT2D eigenvalue weighted by Gasteiger charge is -2.28. The molecule has 1 aromatic heterocycles. The number of furan rings is 1. The third kappa shape index (κ3) is 5.71. The number of rotatable bonds is 11. The van der Waals surface area contributed by atoms with Crippen molar-refractivity contribution in [3.05, 3.63) is 83.8 Å². The van der Waals surface area contributed by atoms with E-state index in [1.807, 2.05) is 65.6 Å². The van der Waals surface area contributed by atoms with Gasteiger partial charge >= 0.3 is 0 Å². The van der Waals surface area contributed by atoms with E-state index in [1.165, 1.54) is 0 Å². The molecular weight excluding hydrogens is 404 g/mol. The molecule has 0 saturated heterocycles. The lowest BCUT2D eigenvalue weighted by molar-refractivity contribution is -0.134. The van der Waals surface area contributed by atoms with Gasteiger partial charge in [-0.25, -0.2) is 0 Å². The molecule has 1 aliphatic carbocycles. The van der Waals surface area contributed by atoms with Gasteiger partial charge in [-0.05, 0) is 48.7 Å². The molecule has 4 rings (SSSR count). The van der Waals surface area contributed by atoms with Crippen LogP contribution in [-0.4, -0.2) is 42.5 Å². The first kappa shape index (κ1) is 22.0. The topological polar surface area (TPSA) is 55.2 Å². The van der Waals surface area contributed by atoms with E-state index in [4.69, 9.17) is 13.9 Å². The van der Waals surface area contributed by atoms with Crippen molar-refractivity contribution < 1.29 is 18.7 Å². The Morgan fingerprint density at radius 2 is 1.78 bits per heavy atom. The van der Waals surface area contributed by atoms with Crippen molar-refractivity contribution >= 4 is 5.91 Å². The number of nitrogens with zero attached hydrogens (tertiary/aromatic N) is 2. The van der Waals surface area contributed by atoms with Gasteiger partial charge in [-0.2, -0.15) is 0 Å². The number of carbonyl (C=O) groups is 1. The summed E-state index contributed by atoms with van der Waals surface area (Å²) in [5, 5.41) is 0. The van der Waals surface area contributed by atoms with Gasteiger partial charge in [-0.3, -0.25) is 9.69 Å². The summed E-state index contributed by atoms with van der Waals surface area (Å²) in [6.45, 7) is 1.97. The highest BCUT2D eigenvalue weighted by atomic mass is 16.5. The fraction of sp³-hybridized carbons (Fsp3) is 0.346. The minimum Gasteiger partial charge on any atom is -0.497 e. The lowest BCUT2D eigenvalue weighted by Crippen LogP contribution is -2.40. The first-order chi connectivity index (χ1) is 15.7. The number of hydrogen-bond donors (Lipinski definition) is 0. The standard InChI is InChI=1S/C26H30N2O4/c1-30-23-12-13-25(31-2)21(15-23)17-27(22-10-11-22)19-26(29)28(18-24-9-6-14-32-24)16-20-7-4-3-5-8-20/h3-9,12-15,22H,10-11,16-19H2,1-2H3. The molecule has 6 nitrogen and oxygen atoms in total. The van der Waals surface area contributed by atoms with Gasteiger partial charge in [0.25, 0.3) is 0 Å². The SMILES string of the molecule is COc1ccc(OC)c(CN(CC(=O)N(Cc2ccccc2)Cc2ccco2)C2CC2)c1. The van der Waals surface area contributed by atoms with Gasteiger partial charge in [0.15, 0.2) is 0 Å². The molecule has 0 aliphatic heterocycles. The molecule has 168 valence electrons. The second-order valence-electron chi connectivity index (χ2n) is 8.13. The van der Waals surface area contributed by atoms with Crippen LogP contribution >= 0.6 is 0 Å². The van der Waals surface area contributed by atoms with E-state index in [-0.39, 0.29) is 5.91 Å². The molecule has 3 aromatic rings. The molecule has 6 heteroatoms. The maximum Gasteiger partial charge on any atom is 0.237 e. The van der Waals surface area contributed by atoms with Gasteiger partial charge < -0.3 is 18.8 Å². The zero-order valence-electron chi connectivity index (χ0n) is 18.7. The Balaban J connectivity index is 1.51. The Bertz CT molecular complexity index is 1000. The average Bonchev–Trinajstić information content (AvgIpc) is 3.55. The summed E-state index contributed by atoms with van der Waals surface area (Å²) in [5.74, 6) is 2.45. The van der Waals surface area contributed by atoms with Crippen molar-refractivity contribution in [2.75, 3.05) is 20.8 Å². The highest BCUT2D eigenvalue weighted by molar-refractivity contribution is 5.78. The molecule has 1 aliphatic rings. The summed E-state index contributed by atoms with van der Waals surface area (Å²) in [7, 11) is 3.33. The average molecular weight is 435 g/mol. The van der Waals surface area contributed by atoms with E-state index < -0.39 is 0 Å². The van der Waals surface area contributed by atoms with Gasteiger partial charge in [-0.1, -0.05) is 30.3 Å². The largest absolute Gasteiger partial charge is 0.497 e. The summed E-state index contributed by atoms with van der Waals surface area (Å²) in [5.41, 5.74) is 2.12. The van der Waals surface area contributed by atoms with Gasteiger partial charge in [0.1, 0.15) is 17.3 Å². The minimum atomic E-state index is 0.0824. The van der Waals surface area contributed by atoms with Gasteiger partial charge in [0.05, 0.1) is 33.6 Å². The maximum atomic E-state index is 13.5. The van der Waals surface area contributed by atoms with E-state index >= 15 is 0 Å². The molecule has 0 unspecified atom stereocenters. The third-order valence-corrected chi connectivity index (χ3v) is 5.76. The number of ether oxygens (including phenoxy) is 2. The van der Waals surface area contributed by atoms with Gasteiger partial charge in [0, 0.05) is 24.7 Å². The predicted molar refractivity (Wildman–Crippen MR) is 122 cm³/mol. The van der Waals surface area contributed by atoms with E-state index in [0.29, 0.717) is 32.2 Å². The molecular formula is C26H30N2O4. The smallest absolute Gasteiger partial charge is 0.237 e. The van der Waals surface area contributed by atoms with Crippen LogP contribution in [-0.2, 0) is 24.4 Å². The Labute approximate surface area is 189 Å². The maximum absolute atomic E-state index is 13.5. The second-order valence-corrected chi connectivity index (χ2v) is 8.13. The van der Waals surface area contributed by atoms with Crippen LogP contribution in [0.4, 0.5) is 0 Å². The number of hydrogen-bond acceptors (Lipinski definition) is 5. The fourth-order valence-corrected chi connectivity index (χ4v) is 3.88. The van der Waals surface area contributed by atoms with E-state index in [1.54, 1.807) is 20.5 Å². The summed E-state index contributed by atoms with van der Waals surface area (Å²) < 4.78 is 16.5. The highest BCUT2D eigenvalue weighted by Crippen LogP contribution is 2.32. The third-order valence-electron chi connectivity index (χ3n) is 5.76. The van der Waals surface area contributed by atoms with Gasteiger partial charge in [0.2, 0.25) is 5.91 Å². The number of methoxy groups -OCH3 is 2. The van der Waals surface area contributed by atoms with Crippen LogP contribution in [0, 0.1) is 0 Å². The molecule has 2 aromatic carbocycles. The van der Waals surface area contributed by atoms with Crippen LogP contribution in [0.3, 0.4) is 0 Å². The van der Waals surface area contributed by atoms with Crippen molar-refractivity contribution in [1.82, 2.24) is 9.80 Å². The molecule has 1 amide bonds. The Morgan fingerprint density at radius 1 is 0.969 bits per heavy atom. The lowest BCUT2D eigenvalue weighted by atomic mass is 10.1. The second kappa shape index (κ2) is 10.4. The molecule has 0 N–H and O–H groups in total. The number of amides is 1. The van der Waals surface area contributed by atoms with E-state index in [2.05, 4.69) is 4.90 Å². The molecule has 32 heavy (non-hydrogen) atoms. The Hall–Kier alpha value is -3.25. The highest BCUT2D eigenvalue weighted by Gasteiger charge is 2.32. The van der Waals surface area contributed by atoms with Crippen LogP contribution in [0.15, 0.2) is 71.3 Å². The van der Waals surface area contributed by atoms with Crippen LogP contribution in [0.5, 0.6) is 11.5 Å². The normalized spacial score (nSPS) is 13.2. The first-order valence-corrected chi connectivity index (χ1v) is 11.0. The Kier molecular flexibility index (Phi) is 7.12. The van der Waals surface area contributed by atoms with Crippen LogP contribution in [0.1, 0.15) is 29.7 Å².